The molecule has 0 aliphatic heterocycles. The number of nitrogens with zero attached hydrogens (tertiary/aromatic N) is 1. The largest absolute Gasteiger partial charge is 0.481 e. The maximum atomic E-state index is 13.0. The first-order valence-electron chi connectivity index (χ1n) is 11.1. The van der Waals surface area contributed by atoms with Crippen LogP contribution in [-0.2, 0) is 30.4 Å². The molecule has 0 saturated carbocycles. The zero-order valence-corrected chi connectivity index (χ0v) is 21.8. The second-order valence-electron chi connectivity index (χ2n) is 7.90. The molecular formula is C21H34N6O7S2. The highest BCUT2D eigenvalue weighted by Gasteiger charge is 2.30. The van der Waals surface area contributed by atoms with Gasteiger partial charge in [-0.05, 0) is 43.3 Å². The molecular weight excluding hydrogens is 512 g/mol. The van der Waals surface area contributed by atoms with E-state index in [4.69, 9.17) is 10.8 Å². The Kier molecular flexibility index (Phi) is 14.6. The number of hydrogen-bond donors (Lipinski definition) is 7. The van der Waals surface area contributed by atoms with Crippen LogP contribution in [0.5, 0.6) is 0 Å². The molecule has 0 aromatic carbocycles. The third-order valence-corrected chi connectivity index (χ3v) is 6.37. The monoisotopic (exact) mass is 546 g/mol. The molecule has 202 valence electrons. The Morgan fingerprint density at radius 3 is 1.94 bits per heavy atom. The molecule has 0 radical (unpaired) electrons. The quantitative estimate of drug-likeness (QED) is 0.121. The molecule has 0 aliphatic carbocycles. The number of carboxylic acid groups (broad SMARTS) is 2. The first kappa shape index (κ1) is 31.3. The Morgan fingerprint density at radius 1 is 0.917 bits per heavy atom. The van der Waals surface area contributed by atoms with Crippen LogP contribution in [0, 0.1) is 0 Å². The third-order valence-electron chi connectivity index (χ3n) is 5.08. The topological polar surface area (TPSA) is 217 Å². The number of nitrogens with one attached hydrogen (secondary N) is 4. The van der Waals surface area contributed by atoms with Crippen LogP contribution < -0.4 is 21.7 Å². The average Bonchev–Trinajstić information content (AvgIpc) is 3.34. The lowest BCUT2D eigenvalue weighted by Crippen LogP contribution is -2.57. The Balaban J connectivity index is 2.93. The van der Waals surface area contributed by atoms with Crippen LogP contribution in [0.4, 0.5) is 0 Å². The summed E-state index contributed by atoms with van der Waals surface area (Å²) in [6.45, 7) is 0. The van der Waals surface area contributed by atoms with Gasteiger partial charge in [-0.3, -0.25) is 19.2 Å². The van der Waals surface area contributed by atoms with Gasteiger partial charge in [0.25, 0.3) is 0 Å². The molecule has 0 fully saturated rings. The van der Waals surface area contributed by atoms with Gasteiger partial charge in [0.2, 0.25) is 17.7 Å². The molecule has 13 nitrogen and oxygen atoms in total. The molecule has 15 heteroatoms. The number of thioether (sulfide) groups is 2. The maximum absolute atomic E-state index is 13.0. The van der Waals surface area contributed by atoms with Crippen molar-refractivity contribution in [3.8, 4) is 0 Å². The molecule has 0 saturated heterocycles. The van der Waals surface area contributed by atoms with E-state index < -0.39 is 60.2 Å². The van der Waals surface area contributed by atoms with Gasteiger partial charge in [-0.15, -0.1) is 0 Å². The minimum Gasteiger partial charge on any atom is -0.481 e. The summed E-state index contributed by atoms with van der Waals surface area (Å²) in [6.07, 6.45) is 6.45. The van der Waals surface area contributed by atoms with Crippen molar-refractivity contribution in [1.29, 1.82) is 0 Å². The average molecular weight is 547 g/mol. The first-order valence-corrected chi connectivity index (χ1v) is 13.9. The van der Waals surface area contributed by atoms with Gasteiger partial charge in [-0.1, -0.05) is 0 Å². The molecule has 36 heavy (non-hydrogen) atoms. The number of H-pyrrole nitrogens is 1. The lowest BCUT2D eigenvalue weighted by molar-refractivity contribution is -0.143. The van der Waals surface area contributed by atoms with Crippen LogP contribution >= 0.6 is 23.5 Å². The maximum Gasteiger partial charge on any atom is 0.326 e. The fourth-order valence-electron chi connectivity index (χ4n) is 3.08. The van der Waals surface area contributed by atoms with Crippen molar-refractivity contribution < 1.29 is 34.2 Å². The SMILES string of the molecule is CSCCC(NC(=O)C(CCC(=O)O)NC(=O)C(CCSC)NC(=O)C(N)Cc1cnc[nH]1)C(=O)O. The molecule has 8 N–H and O–H groups in total. The highest BCUT2D eigenvalue weighted by Crippen LogP contribution is 2.07. The summed E-state index contributed by atoms with van der Waals surface area (Å²) in [4.78, 5) is 67.8. The minimum absolute atomic E-state index is 0.155. The zero-order valence-electron chi connectivity index (χ0n) is 20.2. The molecule has 0 aliphatic rings. The van der Waals surface area contributed by atoms with Crippen molar-refractivity contribution >= 4 is 53.2 Å². The number of carboxylic acids is 2. The van der Waals surface area contributed by atoms with Crippen LogP contribution in [0.15, 0.2) is 12.5 Å². The van der Waals surface area contributed by atoms with E-state index in [0.29, 0.717) is 17.2 Å². The van der Waals surface area contributed by atoms with Gasteiger partial charge in [0.05, 0.1) is 12.4 Å². The number of carbonyl (C=O) groups excluding carboxylic acids is 3. The van der Waals surface area contributed by atoms with Crippen molar-refractivity contribution in [3.05, 3.63) is 18.2 Å². The smallest absolute Gasteiger partial charge is 0.326 e. The lowest BCUT2D eigenvalue weighted by atomic mass is 10.1. The summed E-state index contributed by atoms with van der Waals surface area (Å²) in [6, 6.07) is -4.50. The predicted molar refractivity (Wildman–Crippen MR) is 137 cm³/mol. The molecule has 1 aromatic rings. The molecule has 1 aromatic heterocycles. The van der Waals surface area contributed by atoms with E-state index in [-0.39, 0.29) is 25.7 Å². The van der Waals surface area contributed by atoms with Crippen molar-refractivity contribution in [1.82, 2.24) is 25.9 Å². The van der Waals surface area contributed by atoms with Crippen LogP contribution in [0.2, 0.25) is 0 Å². The number of aromatic nitrogens is 2. The number of aliphatic carboxylic acids is 2. The molecule has 1 rings (SSSR count). The molecule has 1 heterocycles. The summed E-state index contributed by atoms with van der Waals surface area (Å²) in [7, 11) is 0. The molecule has 0 spiro atoms. The summed E-state index contributed by atoms with van der Waals surface area (Å²) < 4.78 is 0. The van der Waals surface area contributed by atoms with Crippen LogP contribution in [0.25, 0.3) is 0 Å². The Morgan fingerprint density at radius 2 is 1.44 bits per heavy atom. The van der Waals surface area contributed by atoms with Gasteiger partial charge >= 0.3 is 11.9 Å². The van der Waals surface area contributed by atoms with E-state index in [1.807, 2.05) is 6.26 Å². The summed E-state index contributed by atoms with van der Waals surface area (Å²) in [5, 5.41) is 25.9. The molecule has 4 unspecified atom stereocenters. The first-order chi connectivity index (χ1) is 17.1. The summed E-state index contributed by atoms with van der Waals surface area (Å²) in [5.41, 5.74) is 6.60. The van der Waals surface area contributed by atoms with E-state index in [0.717, 1.165) is 0 Å². The zero-order chi connectivity index (χ0) is 27.1. The number of amides is 3. The number of imidazole rings is 1. The van der Waals surface area contributed by atoms with E-state index in [2.05, 4.69) is 25.9 Å². The number of carbonyl (C=O) groups is 5. The normalized spacial score (nSPS) is 14.2. The molecule has 3 amide bonds. The molecule has 4 atom stereocenters. The Bertz CT molecular complexity index is 871. The van der Waals surface area contributed by atoms with E-state index in [1.165, 1.54) is 36.0 Å². The van der Waals surface area contributed by atoms with E-state index in [1.54, 1.807) is 6.26 Å². The Hall–Kier alpha value is -2.78. The second kappa shape index (κ2) is 16.8. The molecule has 0 bridgehead atoms. The predicted octanol–water partition coefficient (Wildman–Crippen LogP) is -0.810. The van der Waals surface area contributed by atoms with Crippen molar-refractivity contribution in [2.75, 3.05) is 24.0 Å². The summed E-state index contributed by atoms with van der Waals surface area (Å²) in [5.74, 6) is -3.54. The lowest BCUT2D eigenvalue weighted by Gasteiger charge is -2.25. The minimum atomic E-state index is -1.31. The number of nitrogens with two attached hydrogens (primary N) is 1. The highest BCUT2D eigenvalue weighted by atomic mass is 32.2. The fraction of sp³-hybridized carbons (Fsp3) is 0.619. The van der Waals surface area contributed by atoms with Crippen LogP contribution in [-0.4, -0.2) is 98.0 Å². The third kappa shape index (κ3) is 11.8. The fourth-order valence-corrected chi connectivity index (χ4v) is 4.03. The van der Waals surface area contributed by atoms with E-state index >= 15 is 0 Å². The van der Waals surface area contributed by atoms with Crippen molar-refractivity contribution in [2.24, 2.45) is 5.73 Å². The summed E-state index contributed by atoms with van der Waals surface area (Å²) >= 11 is 2.85. The highest BCUT2D eigenvalue weighted by molar-refractivity contribution is 7.98. The van der Waals surface area contributed by atoms with Crippen LogP contribution in [0.1, 0.15) is 31.4 Å². The van der Waals surface area contributed by atoms with Gasteiger partial charge in [0.1, 0.15) is 18.1 Å². The van der Waals surface area contributed by atoms with Crippen molar-refractivity contribution in [3.63, 3.8) is 0 Å². The number of aromatic amines is 1. The van der Waals surface area contributed by atoms with Crippen molar-refractivity contribution in [2.45, 2.75) is 56.3 Å². The van der Waals surface area contributed by atoms with Gasteiger partial charge < -0.3 is 36.9 Å². The van der Waals surface area contributed by atoms with Gasteiger partial charge in [-0.25, -0.2) is 9.78 Å². The number of rotatable bonds is 18. The van der Waals surface area contributed by atoms with E-state index in [9.17, 15) is 29.1 Å². The van der Waals surface area contributed by atoms with Crippen LogP contribution in [0.3, 0.4) is 0 Å². The Labute approximate surface area is 217 Å². The number of hydrogen-bond acceptors (Lipinski definition) is 9. The van der Waals surface area contributed by atoms with Gasteiger partial charge in [-0.2, -0.15) is 23.5 Å². The standard InChI is InChI=1S/C21H34N6O7S2/c1-35-7-5-15(25-18(30)13(22)9-12-10-23-11-24-12)20(32)26-14(3-4-17(28)29)19(31)27-16(21(33)34)6-8-36-2/h10-11,13-16H,3-9,22H2,1-2H3,(H,23,24)(H,25,30)(H,26,32)(H,27,31)(H,28,29)(H,33,34). The van der Waals surface area contributed by atoms with Gasteiger partial charge in [0, 0.05) is 24.7 Å². The second-order valence-corrected chi connectivity index (χ2v) is 9.88. The van der Waals surface area contributed by atoms with Gasteiger partial charge in [0.15, 0.2) is 0 Å².